The lowest BCUT2D eigenvalue weighted by atomic mass is 10.1. The van der Waals surface area contributed by atoms with Gasteiger partial charge in [-0.15, -0.1) is 16.4 Å². The van der Waals surface area contributed by atoms with Crippen LogP contribution in [0, 0.1) is 5.82 Å². The third kappa shape index (κ3) is 4.86. The van der Waals surface area contributed by atoms with E-state index in [0.717, 1.165) is 46.5 Å². The highest BCUT2D eigenvalue weighted by Crippen LogP contribution is 2.33. The van der Waals surface area contributed by atoms with Crippen LogP contribution >= 0.6 is 11.3 Å². The summed E-state index contributed by atoms with van der Waals surface area (Å²) in [5.41, 5.74) is 1.99. The third-order valence-corrected chi connectivity index (χ3v) is 6.23. The molecule has 6 nitrogen and oxygen atoms in total. The number of fused-ring (bicyclic) bond motifs is 1. The van der Waals surface area contributed by atoms with Crippen LogP contribution < -0.4 is 4.74 Å². The Balaban J connectivity index is 1.12. The summed E-state index contributed by atoms with van der Waals surface area (Å²) < 4.78 is 27.7. The van der Waals surface area contributed by atoms with Crippen LogP contribution in [0.25, 0.3) is 20.9 Å². The van der Waals surface area contributed by atoms with Crippen molar-refractivity contribution in [2.24, 2.45) is 0 Å². The molecule has 0 spiro atoms. The van der Waals surface area contributed by atoms with E-state index < -0.39 is 0 Å². The van der Waals surface area contributed by atoms with E-state index in [1.54, 1.807) is 18.5 Å². The standard InChI is InChI=1S/C24H21FN4O2S/c25-19-6-9-22-18(13-19)14-23(32-22)24-27-20(16-31-24)15-30-21-7-4-17(5-8-21)3-1-2-11-29-12-10-26-28-29/h4-10,12-14,16H,1-3,11,15H2. The molecule has 3 aromatic heterocycles. The van der Waals surface area contributed by atoms with Crippen LogP contribution in [0.2, 0.25) is 0 Å². The SMILES string of the molecule is Fc1ccc2sc(-c3nc(COc4ccc(CCCCn5ccnn5)cc4)co3)cc2c1. The lowest BCUT2D eigenvalue weighted by Crippen LogP contribution is -1.99. The highest BCUT2D eigenvalue weighted by molar-refractivity contribution is 7.22. The van der Waals surface area contributed by atoms with Crippen LogP contribution in [-0.2, 0) is 19.6 Å². The lowest BCUT2D eigenvalue weighted by Gasteiger charge is -2.06. The maximum absolute atomic E-state index is 13.4. The molecule has 32 heavy (non-hydrogen) atoms. The summed E-state index contributed by atoms with van der Waals surface area (Å²) in [4.78, 5) is 5.38. The van der Waals surface area contributed by atoms with Crippen LogP contribution in [0.15, 0.2) is 71.6 Å². The first-order valence-corrected chi connectivity index (χ1v) is 11.2. The molecule has 0 unspecified atom stereocenters. The first kappa shape index (κ1) is 20.4. The quantitative estimate of drug-likeness (QED) is 0.263. The number of unbranched alkanes of at least 4 members (excludes halogenated alkanes) is 1. The van der Waals surface area contributed by atoms with E-state index in [1.807, 2.05) is 29.1 Å². The Morgan fingerprint density at radius 3 is 2.81 bits per heavy atom. The number of rotatable bonds is 9. The number of hydrogen-bond acceptors (Lipinski definition) is 6. The number of oxazole rings is 1. The van der Waals surface area contributed by atoms with Gasteiger partial charge in [-0.25, -0.2) is 9.37 Å². The van der Waals surface area contributed by atoms with Gasteiger partial charge in [0.25, 0.3) is 0 Å². The van der Waals surface area contributed by atoms with Gasteiger partial charge in [0.2, 0.25) is 5.89 Å². The van der Waals surface area contributed by atoms with Crippen LogP contribution in [0.3, 0.4) is 0 Å². The Hall–Kier alpha value is -3.52. The van der Waals surface area contributed by atoms with E-state index in [9.17, 15) is 4.39 Å². The highest BCUT2D eigenvalue weighted by Gasteiger charge is 2.11. The second kappa shape index (κ2) is 9.32. The van der Waals surface area contributed by atoms with Crippen molar-refractivity contribution in [2.75, 3.05) is 0 Å². The van der Waals surface area contributed by atoms with Crippen LogP contribution in [0.5, 0.6) is 5.75 Å². The van der Waals surface area contributed by atoms with E-state index in [2.05, 4.69) is 27.4 Å². The number of aromatic nitrogens is 4. The average Bonchev–Trinajstić information content (AvgIpc) is 3.56. The van der Waals surface area contributed by atoms with Crippen molar-refractivity contribution in [1.82, 2.24) is 20.0 Å². The van der Waals surface area contributed by atoms with Crippen molar-refractivity contribution in [3.8, 4) is 16.5 Å². The van der Waals surface area contributed by atoms with Crippen LogP contribution in [-0.4, -0.2) is 20.0 Å². The molecule has 0 radical (unpaired) electrons. The van der Waals surface area contributed by atoms with Crippen LogP contribution in [0.4, 0.5) is 4.39 Å². The van der Waals surface area contributed by atoms with Gasteiger partial charge in [-0.2, -0.15) is 0 Å². The van der Waals surface area contributed by atoms with E-state index in [1.165, 1.54) is 29.0 Å². The van der Waals surface area contributed by atoms with Gasteiger partial charge in [-0.1, -0.05) is 17.3 Å². The maximum Gasteiger partial charge on any atom is 0.236 e. The van der Waals surface area contributed by atoms with Gasteiger partial charge in [-0.05, 0) is 66.6 Å². The Morgan fingerprint density at radius 1 is 1.06 bits per heavy atom. The van der Waals surface area contributed by atoms with Gasteiger partial charge in [0.15, 0.2) is 0 Å². The second-order valence-electron chi connectivity index (χ2n) is 7.49. The van der Waals surface area contributed by atoms with E-state index >= 15 is 0 Å². The van der Waals surface area contributed by atoms with Gasteiger partial charge in [0.1, 0.15) is 30.1 Å². The second-order valence-corrected chi connectivity index (χ2v) is 8.58. The summed E-state index contributed by atoms with van der Waals surface area (Å²) in [6.07, 6.45) is 8.35. The van der Waals surface area contributed by atoms with Gasteiger partial charge >= 0.3 is 0 Å². The number of thiophene rings is 1. The molecule has 8 heteroatoms. The molecule has 0 bridgehead atoms. The molecule has 0 fully saturated rings. The molecule has 5 rings (SSSR count). The molecule has 0 amide bonds. The topological polar surface area (TPSA) is 66.0 Å². The number of ether oxygens (including phenoxy) is 1. The predicted octanol–water partition coefficient (Wildman–Crippen LogP) is 5.89. The Kier molecular flexibility index (Phi) is 5.93. The predicted molar refractivity (Wildman–Crippen MR) is 121 cm³/mol. The number of benzene rings is 2. The number of halogens is 1. The number of hydrogen-bond donors (Lipinski definition) is 0. The zero-order valence-corrected chi connectivity index (χ0v) is 18.1. The summed E-state index contributed by atoms with van der Waals surface area (Å²) in [5, 5.41) is 8.63. The third-order valence-electron chi connectivity index (χ3n) is 5.13. The lowest BCUT2D eigenvalue weighted by molar-refractivity contribution is 0.301. The molecular formula is C24H21FN4O2S. The summed E-state index contributed by atoms with van der Waals surface area (Å²) in [7, 11) is 0. The molecule has 0 saturated carbocycles. The van der Waals surface area contributed by atoms with Crippen molar-refractivity contribution in [3.63, 3.8) is 0 Å². The molecule has 0 saturated heterocycles. The minimum absolute atomic E-state index is 0.249. The molecule has 3 heterocycles. The normalized spacial score (nSPS) is 11.3. The van der Waals surface area contributed by atoms with Crippen molar-refractivity contribution in [1.29, 1.82) is 0 Å². The fraction of sp³-hybridized carbons (Fsp3) is 0.208. The number of nitrogens with zero attached hydrogens (tertiary/aromatic N) is 4. The zero-order chi connectivity index (χ0) is 21.8. The van der Waals surface area contributed by atoms with Crippen LogP contribution in [0.1, 0.15) is 24.1 Å². The van der Waals surface area contributed by atoms with Crippen molar-refractivity contribution < 1.29 is 13.5 Å². The minimum Gasteiger partial charge on any atom is -0.487 e. The molecule has 0 aliphatic heterocycles. The maximum atomic E-state index is 13.4. The van der Waals surface area contributed by atoms with Crippen molar-refractivity contribution in [3.05, 3.63) is 84.3 Å². The fourth-order valence-electron chi connectivity index (χ4n) is 3.47. The summed E-state index contributed by atoms with van der Waals surface area (Å²) in [5.74, 6) is 1.06. The Labute approximate surface area is 188 Å². The van der Waals surface area contributed by atoms with Gasteiger partial charge in [0, 0.05) is 17.4 Å². The first-order chi connectivity index (χ1) is 15.7. The smallest absolute Gasteiger partial charge is 0.236 e. The van der Waals surface area contributed by atoms with Crippen molar-refractivity contribution in [2.45, 2.75) is 32.4 Å². The first-order valence-electron chi connectivity index (χ1n) is 10.4. The monoisotopic (exact) mass is 448 g/mol. The molecule has 2 aromatic carbocycles. The zero-order valence-electron chi connectivity index (χ0n) is 17.3. The van der Waals surface area contributed by atoms with Crippen molar-refractivity contribution >= 4 is 21.4 Å². The van der Waals surface area contributed by atoms with E-state index in [0.29, 0.717) is 18.2 Å². The Bertz CT molecular complexity index is 1300. The molecule has 162 valence electrons. The van der Waals surface area contributed by atoms with E-state index in [-0.39, 0.29) is 5.82 Å². The van der Waals surface area contributed by atoms with Gasteiger partial charge < -0.3 is 9.15 Å². The largest absolute Gasteiger partial charge is 0.487 e. The molecule has 0 N–H and O–H groups in total. The summed E-state index contributed by atoms with van der Waals surface area (Å²) in [6.45, 7) is 1.21. The minimum atomic E-state index is -0.249. The summed E-state index contributed by atoms with van der Waals surface area (Å²) in [6, 6.07) is 14.8. The Morgan fingerprint density at radius 2 is 1.97 bits per heavy atom. The highest BCUT2D eigenvalue weighted by atomic mass is 32.1. The van der Waals surface area contributed by atoms with Gasteiger partial charge in [0.05, 0.1) is 11.1 Å². The summed E-state index contributed by atoms with van der Waals surface area (Å²) >= 11 is 1.52. The molecule has 0 aliphatic carbocycles. The molecule has 0 atom stereocenters. The molecular weight excluding hydrogens is 427 g/mol. The molecule has 0 aliphatic rings. The molecule has 5 aromatic rings. The fourth-order valence-corrected chi connectivity index (χ4v) is 4.45. The van der Waals surface area contributed by atoms with E-state index in [4.69, 9.17) is 9.15 Å². The average molecular weight is 449 g/mol. The number of aryl methyl sites for hydroxylation is 2. The van der Waals surface area contributed by atoms with Gasteiger partial charge in [-0.3, -0.25) is 4.68 Å².